The molecule has 2 rings (SSSR count). The summed E-state index contributed by atoms with van der Waals surface area (Å²) >= 11 is 0. The molecule has 2 fully saturated rings. The fraction of sp³-hybridized carbons (Fsp3) is 0.917. The monoisotopic (exact) mass is 241 g/mol. The Morgan fingerprint density at radius 1 is 1.41 bits per heavy atom. The molecule has 0 bridgehead atoms. The lowest BCUT2D eigenvalue weighted by atomic mass is 10.1. The Bertz CT molecular complexity index is 256. The third-order valence-electron chi connectivity index (χ3n) is 3.61. The first-order valence-corrected chi connectivity index (χ1v) is 6.51. The molecular formula is C12H23N3O2. The molecule has 0 aromatic rings. The first-order chi connectivity index (χ1) is 8.16. The van der Waals surface area contributed by atoms with Crippen molar-refractivity contribution in [1.82, 2.24) is 9.80 Å². The van der Waals surface area contributed by atoms with Crippen LogP contribution in [0.5, 0.6) is 0 Å². The number of nitrogens with zero attached hydrogens (tertiary/aromatic N) is 2. The lowest BCUT2D eigenvalue weighted by Crippen LogP contribution is -2.53. The molecule has 0 aromatic carbocycles. The van der Waals surface area contributed by atoms with E-state index in [1.807, 2.05) is 4.90 Å². The fourth-order valence-corrected chi connectivity index (χ4v) is 2.53. The van der Waals surface area contributed by atoms with Crippen molar-refractivity contribution in [2.24, 2.45) is 11.7 Å². The van der Waals surface area contributed by atoms with E-state index in [1.54, 1.807) is 6.92 Å². The average molecular weight is 241 g/mol. The Morgan fingerprint density at radius 2 is 2.12 bits per heavy atom. The van der Waals surface area contributed by atoms with Crippen molar-refractivity contribution in [3.05, 3.63) is 0 Å². The van der Waals surface area contributed by atoms with Crippen LogP contribution in [0.2, 0.25) is 0 Å². The van der Waals surface area contributed by atoms with E-state index in [-0.39, 0.29) is 11.9 Å². The molecule has 0 saturated carbocycles. The summed E-state index contributed by atoms with van der Waals surface area (Å²) in [5, 5.41) is 0. The normalized spacial score (nSPS) is 28.4. The van der Waals surface area contributed by atoms with Crippen molar-refractivity contribution >= 4 is 5.91 Å². The van der Waals surface area contributed by atoms with Crippen molar-refractivity contribution in [2.75, 3.05) is 45.9 Å². The molecule has 1 amide bonds. The van der Waals surface area contributed by atoms with Gasteiger partial charge in [-0.15, -0.1) is 0 Å². The molecule has 0 aromatic heterocycles. The Hall–Kier alpha value is -0.650. The molecule has 0 spiro atoms. The van der Waals surface area contributed by atoms with Gasteiger partial charge in [0.25, 0.3) is 0 Å². The van der Waals surface area contributed by atoms with Crippen LogP contribution in [-0.4, -0.2) is 67.7 Å². The van der Waals surface area contributed by atoms with E-state index in [2.05, 4.69) is 4.90 Å². The summed E-state index contributed by atoms with van der Waals surface area (Å²) in [6.07, 6.45) is 1.18. The highest BCUT2D eigenvalue weighted by atomic mass is 16.5. The Balaban J connectivity index is 1.72. The van der Waals surface area contributed by atoms with Gasteiger partial charge in [0.1, 0.15) is 0 Å². The Labute approximate surface area is 103 Å². The van der Waals surface area contributed by atoms with Gasteiger partial charge >= 0.3 is 0 Å². The standard InChI is InChI=1S/C12H23N3O2/c1-10(13)12(16)15-5-3-14(4-6-15)8-11-2-7-17-9-11/h10-11H,2-9,13H2,1H3/t10-,11?/m1/s1. The molecule has 1 unspecified atom stereocenters. The summed E-state index contributed by atoms with van der Waals surface area (Å²) in [4.78, 5) is 16.0. The van der Waals surface area contributed by atoms with E-state index in [4.69, 9.17) is 10.5 Å². The van der Waals surface area contributed by atoms with Crippen LogP contribution in [0.15, 0.2) is 0 Å². The summed E-state index contributed by atoms with van der Waals surface area (Å²) in [6, 6.07) is -0.371. The maximum atomic E-state index is 11.7. The highest BCUT2D eigenvalue weighted by Gasteiger charge is 2.25. The van der Waals surface area contributed by atoms with Crippen LogP contribution in [0.3, 0.4) is 0 Å². The minimum absolute atomic E-state index is 0.0776. The maximum absolute atomic E-state index is 11.7. The molecule has 5 nitrogen and oxygen atoms in total. The van der Waals surface area contributed by atoms with Gasteiger partial charge in [-0.2, -0.15) is 0 Å². The topological polar surface area (TPSA) is 58.8 Å². The van der Waals surface area contributed by atoms with Gasteiger partial charge in [-0.3, -0.25) is 9.69 Å². The maximum Gasteiger partial charge on any atom is 0.239 e. The van der Waals surface area contributed by atoms with Gasteiger partial charge in [-0.05, 0) is 19.3 Å². The lowest BCUT2D eigenvalue weighted by Gasteiger charge is -2.36. The molecule has 2 saturated heterocycles. The van der Waals surface area contributed by atoms with E-state index in [9.17, 15) is 4.79 Å². The van der Waals surface area contributed by atoms with Gasteiger partial charge < -0.3 is 15.4 Å². The molecule has 0 aliphatic carbocycles. The van der Waals surface area contributed by atoms with E-state index in [1.165, 1.54) is 6.42 Å². The summed E-state index contributed by atoms with van der Waals surface area (Å²) in [5.74, 6) is 0.763. The number of ether oxygens (including phenoxy) is 1. The zero-order chi connectivity index (χ0) is 12.3. The van der Waals surface area contributed by atoms with E-state index < -0.39 is 0 Å². The molecule has 2 aliphatic heterocycles. The number of hydrogen-bond donors (Lipinski definition) is 1. The second-order valence-corrected chi connectivity index (χ2v) is 5.14. The predicted octanol–water partition coefficient (Wildman–Crippen LogP) is -0.486. The number of piperazine rings is 1. The molecular weight excluding hydrogens is 218 g/mol. The van der Waals surface area contributed by atoms with Crippen molar-refractivity contribution in [2.45, 2.75) is 19.4 Å². The summed E-state index contributed by atoms with van der Waals surface area (Å²) in [6.45, 7) is 8.24. The van der Waals surface area contributed by atoms with Gasteiger partial charge in [0.2, 0.25) is 5.91 Å². The largest absolute Gasteiger partial charge is 0.381 e. The quantitative estimate of drug-likeness (QED) is 0.724. The van der Waals surface area contributed by atoms with Crippen LogP contribution in [0.25, 0.3) is 0 Å². The van der Waals surface area contributed by atoms with Gasteiger partial charge in [-0.1, -0.05) is 0 Å². The number of amides is 1. The second kappa shape index (κ2) is 5.80. The Morgan fingerprint density at radius 3 is 2.65 bits per heavy atom. The van der Waals surface area contributed by atoms with E-state index in [0.29, 0.717) is 5.92 Å². The number of nitrogens with two attached hydrogens (primary N) is 1. The highest BCUT2D eigenvalue weighted by Crippen LogP contribution is 2.15. The molecule has 17 heavy (non-hydrogen) atoms. The summed E-state index contributed by atoms with van der Waals surface area (Å²) in [5.41, 5.74) is 5.61. The van der Waals surface area contributed by atoms with Crippen LogP contribution in [0, 0.1) is 5.92 Å². The van der Waals surface area contributed by atoms with Crippen molar-refractivity contribution < 1.29 is 9.53 Å². The zero-order valence-corrected chi connectivity index (χ0v) is 10.6. The highest BCUT2D eigenvalue weighted by molar-refractivity contribution is 5.81. The Kier molecular flexibility index (Phi) is 4.36. The third-order valence-corrected chi connectivity index (χ3v) is 3.61. The van der Waals surface area contributed by atoms with Crippen LogP contribution in [-0.2, 0) is 9.53 Å². The molecule has 98 valence electrons. The summed E-state index contributed by atoms with van der Waals surface area (Å²) in [7, 11) is 0. The third kappa shape index (κ3) is 3.40. The lowest BCUT2D eigenvalue weighted by molar-refractivity contribution is -0.134. The average Bonchev–Trinajstić information content (AvgIpc) is 2.82. The van der Waals surface area contributed by atoms with E-state index >= 15 is 0 Å². The van der Waals surface area contributed by atoms with Crippen LogP contribution >= 0.6 is 0 Å². The zero-order valence-electron chi connectivity index (χ0n) is 10.6. The van der Waals surface area contributed by atoms with Crippen molar-refractivity contribution in [3.8, 4) is 0 Å². The number of hydrogen-bond acceptors (Lipinski definition) is 4. The molecule has 5 heteroatoms. The minimum Gasteiger partial charge on any atom is -0.381 e. The minimum atomic E-state index is -0.371. The first kappa shape index (κ1) is 12.8. The summed E-state index contributed by atoms with van der Waals surface area (Å²) < 4.78 is 5.38. The van der Waals surface area contributed by atoms with Gasteiger partial charge in [-0.25, -0.2) is 0 Å². The molecule has 2 atom stereocenters. The van der Waals surface area contributed by atoms with Crippen LogP contribution in [0.4, 0.5) is 0 Å². The SMILES string of the molecule is C[C@@H](N)C(=O)N1CCN(CC2CCOC2)CC1. The van der Waals surface area contributed by atoms with Crippen LogP contribution < -0.4 is 5.73 Å². The van der Waals surface area contributed by atoms with Crippen molar-refractivity contribution in [1.29, 1.82) is 0 Å². The van der Waals surface area contributed by atoms with Gasteiger partial charge in [0.05, 0.1) is 12.6 Å². The second-order valence-electron chi connectivity index (χ2n) is 5.14. The molecule has 2 heterocycles. The van der Waals surface area contributed by atoms with Crippen molar-refractivity contribution in [3.63, 3.8) is 0 Å². The predicted molar refractivity (Wildman–Crippen MR) is 65.6 cm³/mol. The van der Waals surface area contributed by atoms with E-state index in [0.717, 1.165) is 45.9 Å². The molecule has 2 aliphatic rings. The number of carbonyl (C=O) groups excluding carboxylic acids is 1. The number of rotatable bonds is 3. The molecule has 2 N–H and O–H groups in total. The first-order valence-electron chi connectivity index (χ1n) is 6.51. The van der Waals surface area contributed by atoms with Crippen LogP contribution in [0.1, 0.15) is 13.3 Å². The smallest absolute Gasteiger partial charge is 0.239 e. The van der Waals surface area contributed by atoms with Gasteiger partial charge in [0.15, 0.2) is 0 Å². The fourth-order valence-electron chi connectivity index (χ4n) is 2.53. The molecule has 0 radical (unpaired) electrons. The van der Waals surface area contributed by atoms with Gasteiger partial charge in [0, 0.05) is 39.3 Å². The number of carbonyl (C=O) groups is 1.